The van der Waals surface area contributed by atoms with Gasteiger partial charge in [-0.3, -0.25) is 4.79 Å². The van der Waals surface area contributed by atoms with Gasteiger partial charge in [-0.05, 0) is 37.5 Å². The van der Waals surface area contributed by atoms with E-state index in [-0.39, 0.29) is 29.1 Å². The fourth-order valence-electron chi connectivity index (χ4n) is 3.79. The Bertz CT molecular complexity index is 1060. The number of likely N-dealkylation sites (tertiary alicyclic amines) is 1. The molecule has 1 saturated heterocycles. The zero-order valence-corrected chi connectivity index (χ0v) is 16.8. The number of rotatable bonds is 7. The van der Waals surface area contributed by atoms with Gasteiger partial charge in [0.25, 0.3) is 12.2 Å². The molecule has 0 bridgehead atoms. The van der Waals surface area contributed by atoms with Gasteiger partial charge in [-0.15, -0.1) is 0 Å². The molecule has 1 aliphatic heterocycles. The summed E-state index contributed by atoms with van der Waals surface area (Å²) in [4.78, 5) is 22.7. The highest BCUT2D eigenvalue weighted by Crippen LogP contribution is 2.29. The van der Waals surface area contributed by atoms with E-state index in [1.165, 1.54) is 24.5 Å². The van der Waals surface area contributed by atoms with Crippen molar-refractivity contribution in [3.8, 4) is 5.75 Å². The Balaban J connectivity index is 1.35. The second kappa shape index (κ2) is 9.32. The smallest absolute Gasteiger partial charge is 0.280 e. The quantitative estimate of drug-likeness (QED) is 0.531. The number of ether oxygens (including phenoxy) is 1. The summed E-state index contributed by atoms with van der Waals surface area (Å²) in [7, 11) is 0. The van der Waals surface area contributed by atoms with Gasteiger partial charge < -0.3 is 9.64 Å². The van der Waals surface area contributed by atoms with Crippen molar-refractivity contribution in [2.75, 3.05) is 19.7 Å². The number of piperidine rings is 1. The fourth-order valence-corrected chi connectivity index (χ4v) is 3.79. The summed E-state index contributed by atoms with van der Waals surface area (Å²) in [6.07, 6.45) is 0.800. The summed E-state index contributed by atoms with van der Waals surface area (Å²) in [5.41, 5.74) is 0.248. The van der Waals surface area contributed by atoms with Crippen molar-refractivity contribution in [3.63, 3.8) is 0 Å². The molecule has 10 heteroatoms. The van der Waals surface area contributed by atoms with E-state index in [0.29, 0.717) is 44.0 Å². The molecule has 2 aromatic heterocycles. The zero-order chi connectivity index (χ0) is 21.8. The van der Waals surface area contributed by atoms with Crippen LogP contribution in [0, 0.1) is 5.82 Å². The number of carbonyl (C=O) groups is 1. The predicted molar refractivity (Wildman–Crippen MR) is 105 cm³/mol. The van der Waals surface area contributed by atoms with Gasteiger partial charge >= 0.3 is 0 Å². The first-order valence-corrected chi connectivity index (χ1v) is 10.2. The lowest BCUT2D eigenvalue weighted by molar-refractivity contribution is -0.132. The highest BCUT2D eigenvalue weighted by Gasteiger charge is 2.27. The van der Waals surface area contributed by atoms with Crippen LogP contribution in [0.3, 0.4) is 0 Å². The monoisotopic (exact) mass is 433 g/mol. The molecule has 164 valence electrons. The van der Waals surface area contributed by atoms with Crippen LogP contribution in [0.15, 0.2) is 36.7 Å². The molecule has 31 heavy (non-hydrogen) atoms. The molecule has 0 radical (unpaired) electrons. The molecule has 0 aliphatic carbocycles. The summed E-state index contributed by atoms with van der Waals surface area (Å²) >= 11 is 0. The van der Waals surface area contributed by atoms with Gasteiger partial charge in [0.15, 0.2) is 0 Å². The van der Waals surface area contributed by atoms with Crippen LogP contribution in [-0.2, 0) is 4.79 Å². The van der Waals surface area contributed by atoms with Crippen LogP contribution in [0.1, 0.15) is 49.4 Å². The van der Waals surface area contributed by atoms with E-state index in [4.69, 9.17) is 4.74 Å². The molecule has 1 amide bonds. The lowest BCUT2D eigenvalue weighted by atomic mass is 9.94. The molecule has 0 N–H and O–H groups in total. The summed E-state index contributed by atoms with van der Waals surface area (Å²) in [6, 6.07) is 7.21. The van der Waals surface area contributed by atoms with E-state index in [9.17, 15) is 18.0 Å². The largest absolute Gasteiger partial charge is 0.493 e. The fraction of sp³-hybridized carbons (Fsp3) is 0.429. The van der Waals surface area contributed by atoms with Crippen molar-refractivity contribution in [1.29, 1.82) is 0 Å². The van der Waals surface area contributed by atoms with Gasteiger partial charge in [0, 0.05) is 31.5 Å². The number of halogens is 3. The normalized spacial score (nSPS) is 16.8. The maximum absolute atomic E-state index is 13.4. The maximum atomic E-state index is 13.4. The van der Waals surface area contributed by atoms with Crippen molar-refractivity contribution < 1.29 is 22.7 Å². The van der Waals surface area contributed by atoms with Gasteiger partial charge in [0.2, 0.25) is 5.91 Å². The summed E-state index contributed by atoms with van der Waals surface area (Å²) in [5.74, 6) is 0.0208. The Morgan fingerprint density at radius 1 is 1.29 bits per heavy atom. The van der Waals surface area contributed by atoms with Crippen LogP contribution >= 0.6 is 0 Å². The van der Waals surface area contributed by atoms with Gasteiger partial charge in [0.05, 0.1) is 12.3 Å². The number of amides is 1. The highest BCUT2D eigenvalue weighted by atomic mass is 19.3. The number of alkyl halides is 2. The highest BCUT2D eigenvalue weighted by molar-refractivity contribution is 5.76. The Morgan fingerprint density at radius 3 is 2.97 bits per heavy atom. The molecule has 1 aliphatic rings. The topological polar surface area (TPSA) is 72.6 Å². The second-order valence-corrected chi connectivity index (χ2v) is 7.47. The van der Waals surface area contributed by atoms with Gasteiger partial charge in [-0.1, -0.05) is 6.07 Å². The Morgan fingerprint density at radius 2 is 2.16 bits per heavy atom. The molecule has 1 fully saturated rings. The molecule has 7 nitrogen and oxygen atoms in total. The first-order chi connectivity index (χ1) is 15.0. The Kier molecular flexibility index (Phi) is 6.34. The molecular formula is C21H22F3N5O2. The van der Waals surface area contributed by atoms with Crippen molar-refractivity contribution in [2.24, 2.45) is 0 Å². The molecule has 0 saturated carbocycles. The number of aromatic nitrogens is 4. The van der Waals surface area contributed by atoms with Crippen molar-refractivity contribution in [2.45, 2.75) is 38.0 Å². The van der Waals surface area contributed by atoms with Crippen molar-refractivity contribution in [3.05, 3.63) is 53.9 Å². The number of nitrogens with zero attached hydrogens (tertiary/aromatic N) is 5. The summed E-state index contributed by atoms with van der Waals surface area (Å²) in [6.45, 7) is 1.34. The first-order valence-electron chi connectivity index (χ1n) is 10.2. The summed E-state index contributed by atoms with van der Waals surface area (Å²) in [5, 5.41) is 3.80. The second-order valence-electron chi connectivity index (χ2n) is 7.47. The molecular weight excluding hydrogens is 411 g/mol. The van der Waals surface area contributed by atoms with E-state index in [1.807, 2.05) is 0 Å². The maximum Gasteiger partial charge on any atom is 0.280 e. The number of hydrogen-bond acceptors (Lipinski definition) is 5. The number of fused-ring (bicyclic) bond motifs is 1. The van der Waals surface area contributed by atoms with Gasteiger partial charge in [0.1, 0.15) is 23.6 Å². The van der Waals surface area contributed by atoms with Crippen molar-refractivity contribution in [1.82, 2.24) is 24.5 Å². The van der Waals surface area contributed by atoms with E-state index in [0.717, 1.165) is 17.4 Å². The van der Waals surface area contributed by atoms with Crippen LogP contribution in [-0.4, -0.2) is 50.1 Å². The first kappa shape index (κ1) is 21.1. The molecule has 4 rings (SSSR count). The average molecular weight is 433 g/mol. The SMILES string of the molecule is O=C(CCCOc1cccc(F)c1)N1CCCC(c2cc(C(F)F)n3ncnc3n2)C1. The van der Waals surface area contributed by atoms with Crippen LogP contribution in [0.25, 0.3) is 5.78 Å². The van der Waals surface area contributed by atoms with Crippen LogP contribution in [0.4, 0.5) is 13.2 Å². The van der Waals surface area contributed by atoms with Crippen molar-refractivity contribution >= 4 is 11.7 Å². The minimum Gasteiger partial charge on any atom is -0.493 e. The number of hydrogen-bond donors (Lipinski definition) is 0. The molecule has 0 spiro atoms. The van der Waals surface area contributed by atoms with E-state index in [2.05, 4.69) is 15.1 Å². The number of carbonyl (C=O) groups excluding carboxylic acids is 1. The van der Waals surface area contributed by atoms with E-state index >= 15 is 0 Å². The average Bonchev–Trinajstić information content (AvgIpc) is 3.24. The lowest BCUT2D eigenvalue weighted by Gasteiger charge is -2.32. The zero-order valence-electron chi connectivity index (χ0n) is 16.8. The molecule has 1 unspecified atom stereocenters. The van der Waals surface area contributed by atoms with E-state index in [1.54, 1.807) is 17.0 Å². The van der Waals surface area contributed by atoms with Gasteiger partial charge in [-0.25, -0.2) is 18.2 Å². The predicted octanol–water partition coefficient (Wildman–Crippen LogP) is 3.77. The Hall–Kier alpha value is -3.17. The Labute approximate surface area is 176 Å². The minimum absolute atomic E-state index is 0.0230. The van der Waals surface area contributed by atoms with Crippen LogP contribution in [0.5, 0.6) is 5.75 Å². The summed E-state index contributed by atoms with van der Waals surface area (Å²) < 4.78 is 46.5. The third kappa shape index (κ3) is 4.95. The number of benzene rings is 1. The lowest BCUT2D eigenvalue weighted by Crippen LogP contribution is -2.39. The van der Waals surface area contributed by atoms with Crippen LogP contribution < -0.4 is 4.74 Å². The van der Waals surface area contributed by atoms with Gasteiger partial charge in [-0.2, -0.15) is 14.6 Å². The molecule has 1 atom stereocenters. The third-order valence-corrected chi connectivity index (χ3v) is 5.31. The van der Waals surface area contributed by atoms with E-state index < -0.39 is 6.43 Å². The standard InChI is InChI=1S/C21H22F3N5O2/c22-15-5-1-6-16(10-15)31-9-3-7-19(30)28-8-2-4-14(12-28)17-11-18(20(23)24)29-21(27-17)25-13-26-29/h1,5-6,10-11,13-14,20H,2-4,7-9,12H2. The third-order valence-electron chi connectivity index (χ3n) is 5.31. The molecule has 1 aromatic carbocycles. The van der Waals surface area contributed by atoms with Crippen LogP contribution in [0.2, 0.25) is 0 Å². The minimum atomic E-state index is -2.70. The molecule has 3 aromatic rings. The molecule has 3 heterocycles.